The van der Waals surface area contributed by atoms with Gasteiger partial charge in [0.1, 0.15) is 5.60 Å². The number of morpholine rings is 1. The molecule has 0 aromatic heterocycles. The van der Waals surface area contributed by atoms with Crippen LogP contribution in [0.5, 0.6) is 11.5 Å². The van der Waals surface area contributed by atoms with Crippen LogP contribution in [0.1, 0.15) is 26.3 Å². The van der Waals surface area contributed by atoms with Crippen molar-refractivity contribution in [3.05, 3.63) is 23.8 Å². The molecule has 19 heavy (non-hydrogen) atoms. The highest BCUT2D eigenvalue weighted by atomic mass is 16.5. The highest BCUT2D eigenvalue weighted by molar-refractivity contribution is 5.44. The van der Waals surface area contributed by atoms with E-state index in [4.69, 9.17) is 14.2 Å². The molecule has 1 aliphatic heterocycles. The Hall–Kier alpha value is -1.26. The Labute approximate surface area is 115 Å². The molecule has 1 aliphatic rings. The van der Waals surface area contributed by atoms with Gasteiger partial charge in [-0.15, -0.1) is 0 Å². The number of rotatable bonds is 3. The Bertz CT molecular complexity index is 447. The summed E-state index contributed by atoms with van der Waals surface area (Å²) in [6, 6.07) is 5.93. The molecule has 0 bridgehead atoms. The van der Waals surface area contributed by atoms with Crippen molar-refractivity contribution in [1.82, 2.24) is 5.32 Å². The van der Waals surface area contributed by atoms with Crippen LogP contribution in [0.25, 0.3) is 0 Å². The Morgan fingerprint density at radius 2 is 1.79 bits per heavy atom. The fourth-order valence-corrected chi connectivity index (χ4v) is 2.20. The maximum absolute atomic E-state index is 6.08. The van der Waals surface area contributed by atoms with Crippen molar-refractivity contribution in [1.29, 1.82) is 0 Å². The molecule has 0 aliphatic carbocycles. The maximum atomic E-state index is 6.08. The molecule has 1 saturated heterocycles. The van der Waals surface area contributed by atoms with Crippen LogP contribution in [0.15, 0.2) is 18.2 Å². The number of ether oxygens (including phenoxy) is 3. The van der Waals surface area contributed by atoms with Crippen molar-refractivity contribution in [3.63, 3.8) is 0 Å². The molecule has 1 N–H and O–H groups in total. The Morgan fingerprint density at radius 3 is 2.32 bits per heavy atom. The molecule has 1 atom stereocenters. The Morgan fingerprint density at radius 1 is 1.11 bits per heavy atom. The highest BCUT2D eigenvalue weighted by Crippen LogP contribution is 2.35. The van der Waals surface area contributed by atoms with Gasteiger partial charge < -0.3 is 19.5 Å². The SMILES string of the molecule is COc1ccc(C2(C)CNC(C)(C)CO2)cc1OC. The van der Waals surface area contributed by atoms with Crippen LogP contribution in [0.3, 0.4) is 0 Å². The summed E-state index contributed by atoms with van der Waals surface area (Å²) < 4.78 is 16.7. The molecular weight excluding hydrogens is 242 g/mol. The third-order valence-electron chi connectivity index (χ3n) is 3.65. The van der Waals surface area contributed by atoms with Gasteiger partial charge in [-0.05, 0) is 38.5 Å². The third kappa shape index (κ3) is 2.85. The van der Waals surface area contributed by atoms with Crippen molar-refractivity contribution in [3.8, 4) is 11.5 Å². The number of nitrogens with one attached hydrogen (secondary N) is 1. The third-order valence-corrected chi connectivity index (χ3v) is 3.65. The zero-order chi connectivity index (χ0) is 14.1. The van der Waals surface area contributed by atoms with Crippen molar-refractivity contribution in [2.24, 2.45) is 0 Å². The van der Waals surface area contributed by atoms with E-state index in [1.165, 1.54) is 0 Å². The topological polar surface area (TPSA) is 39.7 Å². The van der Waals surface area contributed by atoms with Crippen LogP contribution in [-0.2, 0) is 10.3 Å². The van der Waals surface area contributed by atoms with Crippen LogP contribution >= 0.6 is 0 Å². The smallest absolute Gasteiger partial charge is 0.161 e. The molecule has 106 valence electrons. The molecule has 1 aromatic rings. The largest absolute Gasteiger partial charge is 0.493 e. The molecule has 4 heteroatoms. The van der Waals surface area contributed by atoms with E-state index in [1.807, 2.05) is 18.2 Å². The number of benzene rings is 1. The lowest BCUT2D eigenvalue weighted by molar-refractivity contribution is -0.0950. The molecule has 2 rings (SSSR count). The van der Waals surface area contributed by atoms with Gasteiger partial charge in [0.15, 0.2) is 11.5 Å². The number of hydrogen-bond donors (Lipinski definition) is 1. The number of hydrogen-bond acceptors (Lipinski definition) is 4. The normalized spacial score (nSPS) is 25.9. The van der Waals surface area contributed by atoms with Crippen molar-refractivity contribution in [2.75, 3.05) is 27.4 Å². The summed E-state index contributed by atoms with van der Waals surface area (Å²) >= 11 is 0. The lowest BCUT2D eigenvalue weighted by atomic mass is 9.91. The zero-order valence-corrected chi connectivity index (χ0v) is 12.4. The summed E-state index contributed by atoms with van der Waals surface area (Å²) in [5, 5.41) is 3.52. The van der Waals surface area contributed by atoms with Crippen LogP contribution in [0.2, 0.25) is 0 Å². The monoisotopic (exact) mass is 265 g/mol. The number of methoxy groups -OCH3 is 2. The van der Waals surface area contributed by atoms with Gasteiger partial charge in [-0.1, -0.05) is 6.07 Å². The first kappa shape index (κ1) is 14.2. The van der Waals surface area contributed by atoms with E-state index in [-0.39, 0.29) is 11.1 Å². The molecule has 1 fully saturated rings. The van der Waals surface area contributed by atoms with E-state index in [1.54, 1.807) is 14.2 Å². The highest BCUT2D eigenvalue weighted by Gasteiger charge is 2.37. The Balaban J connectivity index is 2.26. The van der Waals surface area contributed by atoms with Crippen molar-refractivity contribution < 1.29 is 14.2 Å². The zero-order valence-electron chi connectivity index (χ0n) is 12.4. The molecular formula is C15H23NO3. The summed E-state index contributed by atoms with van der Waals surface area (Å²) in [4.78, 5) is 0. The van der Waals surface area contributed by atoms with Crippen LogP contribution in [0, 0.1) is 0 Å². The standard InChI is InChI=1S/C15H23NO3/c1-14(2)10-19-15(3,9-16-14)11-6-7-12(17-4)13(8-11)18-5/h6-8,16H,9-10H2,1-5H3. The van der Waals surface area contributed by atoms with Crippen LogP contribution in [0.4, 0.5) is 0 Å². The minimum atomic E-state index is -0.338. The minimum Gasteiger partial charge on any atom is -0.493 e. The lowest BCUT2D eigenvalue weighted by Gasteiger charge is -2.43. The van der Waals surface area contributed by atoms with E-state index in [0.29, 0.717) is 6.61 Å². The van der Waals surface area contributed by atoms with Crippen LogP contribution in [-0.4, -0.2) is 32.9 Å². The molecule has 1 aromatic carbocycles. The fourth-order valence-electron chi connectivity index (χ4n) is 2.20. The van der Waals surface area contributed by atoms with Gasteiger partial charge in [-0.3, -0.25) is 0 Å². The molecule has 1 heterocycles. The van der Waals surface area contributed by atoms with Gasteiger partial charge in [0.25, 0.3) is 0 Å². The summed E-state index contributed by atoms with van der Waals surface area (Å²) in [6.45, 7) is 7.83. The minimum absolute atomic E-state index is 0.0239. The molecule has 0 spiro atoms. The van der Waals surface area contributed by atoms with Gasteiger partial charge in [0, 0.05) is 12.1 Å². The average Bonchev–Trinajstić information content (AvgIpc) is 2.41. The quantitative estimate of drug-likeness (QED) is 0.910. The molecule has 1 unspecified atom stereocenters. The van der Waals surface area contributed by atoms with Crippen molar-refractivity contribution in [2.45, 2.75) is 31.9 Å². The molecule has 0 saturated carbocycles. The summed E-state index contributed by atoms with van der Waals surface area (Å²) in [5.41, 5.74) is 0.777. The first-order valence-corrected chi connectivity index (χ1v) is 6.52. The van der Waals surface area contributed by atoms with E-state index in [9.17, 15) is 0 Å². The van der Waals surface area contributed by atoms with Gasteiger partial charge >= 0.3 is 0 Å². The maximum Gasteiger partial charge on any atom is 0.161 e. The van der Waals surface area contributed by atoms with Gasteiger partial charge in [0.05, 0.1) is 20.8 Å². The summed E-state index contributed by atoms with van der Waals surface area (Å²) in [7, 11) is 3.29. The second-order valence-corrected chi connectivity index (χ2v) is 5.83. The summed E-state index contributed by atoms with van der Waals surface area (Å²) in [5.74, 6) is 1.47. The summed E-state index contributed by atoms with van der Waals surface area (Å²) in [6.07, 6.45) is 0. The van der Waals surface area contributed by atoms with E-state index in [0.717, 1.165) is 23.6 Å². The van der Waals surface area contributed by atoms with E-state index >= 15 is 0 Å². The van der Waals surface area contributed by atoms with Crippen LogP contribution < -0.4 is 14.8 Å². The molecule has 0 amide bonds. The molecule has 0 radical (unpaired) electrons. The van der Waals surface area contributed by atoms with E-state index in [2.05, 4.69) is 26.1 Å². The average molecular weight is 265 g/mol. The first-order valence-electron chi connectivity index (χ1n) is 6.52. The molecule has 4 nitrogen and oxygen atoms in total. The lowest BCUT2D eigenvalue weighted by Crippen LogP contribution is -2.56. The predicted octanol–water partition coefficient (Wildman–Crippen LogP) is 2.32. The van der Waals surface area contributed by atoms with Crippen molar-refractivity contribution >= 4 is 0 Å². The van der Waals surface area contributed by atoms with Gasteiger partial charge in [0.2, 0.25) is 0 Å². The second-order valence-electron chi connectivity index (χ2n) is 5.83. The fraction of sp³-hybridized carbons (Fsp3) is 0.600. The van der Waals surface area contributed by atoms with Gasteiger partial charge in [-0.2, -0.15) is 0 Å². The first-order chi connectivity index (χ1) is 8.90. The second kappa shape index (κ2) is 5.02. The van der Waals surface area contributed by atoms with E-state index < -0.39 is 0 Å². The Kier molecular flexibility index (Phi) is 3.74. The predicted molar refractivity (Wildman–Crippen MR) is 74.9 cm³/mol. The van der Waals surface area contributed by atoms with Gasteiger partial charge in [-0.25, -0.2) is 0 Å².